The molecule has 0 fully saturated rings. The maximum Gasteiger partial charge on any atom is 0.281 e. The van der Waals surface area contributed by atoms with Crippen LogP contribution in [0.5, 0.6) is 5.95 Å². The lowest BCUT2D eigenvalue weighted by atomic mass is 10.5. The van der Waals surface area contributed by atoms with Crippen LogP contribution in [0.3, 0.4) is 0 Å². The SMILES string of the molecule is Oc1ccc(CSc2nccs2)o1. The smallest absolute Gasteiger partial charge is 0.281 e. The van der Waals surface area contributed by atoms with Crippen LogP contribution in [0.25, 0.3) is 0 Å². The van der Waals surface area contributed by atoms with Crippen LogP contribution in [0, 0.1) is 0 Å². The molecule has 0 unspecified atom stereocenters. The summed E-state index contributed by atoms with van der Waals surface area (Å²) in [5.74, 6) is 1.43. The van der Waals surface area contributed by atoms with Gasteiger partial charge in [-0.3, -0.25) is 0 Å². The van der Waals surface area contributed by atoms with Gasteiger partial charge in [0.15, 0.2) is 0 Å². The summed E-state index contributed by atoms with van der Waals surface area (Å²) in [6, 6.07) is 3.30. The number of aromatic nitrogens is 1. The normalized spacial score (nSPS) is 10.5. The van der Waals surface area contributed by atoms with Crippen molar-refractivity contribution in [1.29, 1.82) is 0 Å². The summed E-state index contributed by atoms with van der Waals surface area (Å²) in [5.41, 5.74) is 0. The zero-order valence-electron chi connectivity index (χ0n) is 6.64. The molecule has 2 aromatic rings. The van der Waals surface area contributed by atoms with Gasteiger partial charge in [-0.15, -0.1) is 11.3 Å². The minimum atomic E-state index is -0.0326. The molecule has 0 aromatic carbocycles. The van der Waals surface area contributed by atoms with Gasteiger partial charge >= 0.3 is 0 Å². The summed E-state index contributed by atoms with van der Waals surface area (Å²) < 4.78 is 6.00. The molecule has 5 heteroatoms. The van der Waals surface area contributed by atoms with Crippen LogP contribution in [-0.2, 0) is 5.75 Å². The number of hydrogen-bond acceptors (Lipinski definition) is 5. The minimum Gasteiger partial charge on any atom is -0.481 e. The molecule has 0 saturated heterocycles. The molecule has 0 aliphatic carbocycles. The third-order valence-electron chi connectivity index (χ3n) is 1.40. The van der Waals surface area contributed by atoms with Crippen molar-refractivity contribution < 1.29 is 9.52 Å². The second kappa shape index (κ2) is 3.85. The van der Waals surface area contributed by atoms with E-state index in [4.69, 9.17) is 9.52 Å². The zero-order chi connectivity index (χ0) is 9.10. The Hall–Kier alpha value is -0.940. The Kier molecular flexibility index (Phi) is 2.56. The first-order valence-electron chi connectivity index (χ1n) is 3.64. The van der Waals surface area contributed by atoms with Gasteiger partial charge in [-0.1, -0.05) is 11.8 Å². The third kappa shape index (κ3) is 2.26. The molecule has 0 radical (unpaired) electrons. The van der Waals surface area contributed by atoms with Gasteiger partial charge in [-0.05, 0) is 6.07 Å². The Labute approximate surface area is 83.4 Å². The van der Waals surface area contributed by atoms with Crippen molar-refractivity contribution >= 4 is 23.1 Å². The summed E-state index contributed by atoms with van der Waals surface area (Å²) in [4.78, 5) is 4.12. The lowest BCUT2D eigenvalue weighted by Crippen LogP contribution is -1.73. The minimum absolute atomic E-state index is 0.0326. The monoisotopic (exact) mass is 213 g/mol. The predicted octanol–water partition coefficient (Wildman–Crippen LogP) is 2.73. The number of hydrogen-bond donors (Lipinski definition) is 1. The highest BCUT2D eigenvalue weighted by Crippen LogP contribution is 2.26. The van der Waals surface area contributed by atoms with Crippen LogP contribution < -0.4 is 0 Å². The summed E-state index contributed by atoms with van der Waals surface area (Å²) in [6.45, 7) is 0. The van der Waals surface area contributed by atoms with Crippen LogP contribution in [0.4, 0.5) is 0 Å². The van der Waals surface area contributed by atoms with E-state index < -0.39 is 0 Å². The lowest BCUT2D eigenvalue weighted by molar-refractivity contribution is 0.323. The summed E-state index contributed by atoms with van der Waals surface area (Å²) in [5, 5.41) is 10.9. The van der Waals surface area contributed by atoms with E-state index in [1.54, 1.807) is 35.4 Å². The van der Waals surface area contributed by atoms with E-state index in [1.165, 1.54) is 6.07 Å². The quantitative estimate of drug-likeness (QED) is 0.796. The van der Waals surface area contributed by atoms with Crippen molar-refractivity contribution in [3.8, 4) is 5.95 Å². The van der Waals surface area contributed by atoms with Crippen LogP contribution in [-0.4, -0.2) is 10.1 Å². The first kappa shape index (κ1) is 8.65. The molecule has 13 heavy (non-hydrogen) atoms. The van der Waals surface area contributed by atoms with Crippen molar-refractivity contribution in [2.75, 3.05) is 0 Å². The Balaban J connectivity index is 1.93. The number of thioether (sulfide) groups is 1. The Bertz CT molecular complexity index is 369. The summed E-state index contributed by atoms with van der Waals surface area (Å²) in [7, 11) is 0. The molecule has 0 aliphatic heterocycles. The topological polar surface area (TPSA) is 46.3 Å². The van der Waals surface area contributed by atoms with Gasteiger partial charge in [0.1, 0.15) is 10.1 Å². The van der Waals surface area contributed by atoms with Crippen molar-refractivity contribution in [3.05, 3.63) is 29.5 Å². The molecule has 1 N–H and O–H groups in total. The molecule has 0 saturated carbocycles. The average Bonchev–Trinajstić information content (AvgIpc) is 2.71. The Morgan fingerprint density at radius 3 is 3.08 bits per heavy atom. The van der Waals surface area contributed by atoms with Crippen LogP contribution in [0.15, 0.2) is 32.5 Å². The van der Waals surface area contributed by atoms with Crippen molar-refractivity contribution in [1.82, 2.24) is 4.98 Å². The van der Waals surface area contributed by atoms with Gasteiger partial charge in [0.25, 0.3) is 5.95 Å². The molecular weight excluding hydrogens is 206 g/mol. The van der Waals surface area contributed by atoms with Crippen LogP contribution in [0.1, 0.15) is 5.76 Å². The van der Waals surface area contributed by atoms with Gasteiger partial charge in [0.2, 0.25) is 0 Å². The standard InChI is InChI=1S/C8H7NO2S2/c10-7-2-1-6(11-7)5-13-8-9-3-4-12-8/h1-4,10H,5H2. The fourth-order valence-corrected chi connectivity index (χ4v) is 2.39. The fraction of sp³-hybridized carbons (Fsp3) is 0.125. The van der Waals surface area contributed by atoms with Gasteiger partial charge in [-0.2, -0.15) is 0 Å². The van der Waals surface area contributed by atoms with E-state index in [1.807, 2.05) is 5.38 Å². The van der Waals surface area contributed by atoms with Crippen LogP contribution >= 0.6 is 23.1 Å². The van der Waals surface area contributed by atoms with Crippen molar-refractivity contribution in [3.63, 3.8) is 0 Å². The number of nitrogens with zero attached hydrogens (tertiary/aromatic N) is 1. The highest BCUT2D eigenvalue weighted by Gasteiger charge is 2.02. The highest BCUT2D eigenvalue weighted by molar-refractivity contribution is 8.00. The maximum absolute atomic E-state index is 8.92. The summed E-state index contributed by atoms with van der Waals surface area (Å²) >= 11 is 3.19. The molecule has 2 heterocycles. The second-order valence-electron chi connectivity index (χ2n) is 2.33. The maximum atomic E-state index is 8.92. The van der Waals surface area contributed by atoms with Crippen molar-refractivity contribution in [2.45, 2.75) is 10.1 Å². The largest absolute Gasteiger partial charge is 0.481 e. The fourth-order valence-electron chi connectivity index (χ4n) is 0.859. The van der Waals surface area contributed by atoms with E-state index in [0.29, 0.717) is 5.75 Å². The zero-order valence-corrected chi connectivity index (χ0v) is 8.27. The Morgan fingerprint density at radius 2 is 2.46 bits per heavy atom. The highest BCUT2D eigenvalue weighted by atomic mass is 32.2. The van der Waals surface area contributed by atoms with Gasteiger partial charge < -0.3 is 9.52 Å². The molecule has 2 rings (SSSR count). The molecule has 2 aromatic heterocycles. The molecule has 0 atom stereocenters. The molecule has 0 spiro atoms. The molecule has 3 nitrogen and oxygen atoms in total. The predicted molar refractivity (Wildman–Crippen MR) is 52.0 cm³/mol. The van der Waals surface area contributed by atoms with E-state index >= 15 is 0 Å². The number of furan rings is 1. The number of thiazole rings is 1. The first-order chi connectivity index (χ1) is 6.34. The molecule has 0 amide bonds. The molecule has 0 aliphatic rings. The Morgan fingerprint density at radius 1 is 1.54 bits per heavy atom. The van der Waals surface area contributed by atoms with Crippen LogP contribution in [0.2, 0.25) is 0 Å². The lowest BCUT2D eigenvalue weighted by Gasteiger charge is -1.92. The summed E-state index contributed by atoms with van der Waals surface area (Å²) in [6.07, 6.45) is 1.77. The number of rotatable bonds is 3. The third-order valence-corrected chi connectivity index (χ3v) is 3.38. The molecule has 0 bridgehead atoms. The number of aromatic hydroxyl groups is 1. The van der Waals surface area contributed by atoms with Gasteiger partial charge in [0, 0.05) is 17.6 Å². The average molecular weight is 213 g/mol. The molecule has 68 valence electrons. The van der Waals surface area contributed by atoms with Crippen molar-refractivity contribution in [2.24, 2.45) is 0 Å². The molecular formula is C8H7NO2S2. The van der Waals surface area contributed by atoms with E-state index in [-0.39, 0.29) is 5.95 Å². The first-order valence-corrected chi connectivity index (χ1v) is 5.51. The van der Waals surface area contributed by atoms with Gasteiger partial charge in [0.05, 0.1) is 5.75 Å². The van der Waals surface area contributed by atoms with E-state index in [9.17, 15) is 0 Å². The van der Waals surface area contributed by atoms with Gasteiger partial charge in [-0.25, -0.2) is 4.98 Å². The second-order valence-corrected chi connectivity index (χ2v) is 4.44. The van der Waals surface area contributed by atoms with E-state index in [2.05, 4.69) is 4.98 Å². The van der Waals surface area contributed by atoms with E-state index in [0.717, 1.165) is 10.1 Å².